The van der Waals surface area contributed by atoms with Gasteiger partial charge in [-0.15, -0.1) is 0 Å². The molecule has 0 rings (SSSR count). The van der Waals surface area contributed by atoms with E-state index in [1.165, 1.54) is 64.2 Å². The molecule has 1 nitrogen and oxygen atoms in total. The van der Waals surface area contributed by atoms with Gasteiger partial charge in [-0.25, -0.2) is 0 Å². The lowest BCUT2D eigenvalue weighted by atomic mass is 10.1. The quantitative estimate of drug-likeness (QED) is 0.394. The Kier molecular flexibility index (Phi) is 13.9. The summed E-state index contributed by atoms with van der Waals surface area (Å²) in [6, 6.07) is 0. The second-order valence-electron chi connectivity index (χ2n) is 4.78. The fourth-order valence-electron chi connectivity index (χ4n) is 1.94. The van der Waals surface area contributed by atoms with Crippen LogP contribution in [0.2, 0.25) is 0 Å². The highest BCUT2D eigenvalue weighted by Crippen LogP contribution is 2.12. The molecule has 0 fully saturated rings. The molecular weight excluding hydrogens is 264 g/mol. The number of hydrogen-bond donors (Lipinski definition) is 1. The number of alkyl halides is 1. The van der Waals surface area contributed by atoms with Crippen LogP contribution in [0.25, 0.3) is 0 Å². The van der Waals surface area contributed by atoms with Gasteiger partial charge >= 0.3 is 0 Å². The van der Waals surface area contributed by atoms with Gasteiger partial charge in [0.05, 0.1) is 6.10 Å². The van der Waals surface area contributed by atoms with Crippen LogP contribution < -0.4 is 0 Å². The Labute approximate surface area is 110 Å². The van der Waals surface area contributed by atoms with Gasteiger partial charge in [0.15, 0.2) is 0 Å². The minimum Gasteiger partial charge on any atom is -0.392 e. The molecule has 98 valence electrons. The normalized spacial score (nSPS) is 12.9. The van der Waals surface area contributed by atoms with E-state index in [2.05, 4.69) is 22.9 Å². The predicted octanol–water partition coefficient (Wildman–Crippen LogP) is 5.05. The van der Waals surface area contributed by atoms with Gasteiger partial charge < -0.3 is 5.11 Å². The summed E-state index contributed by atoms with van der Waals surface area (Å²) in [5.41, 5.74) is 0. The van der Waals surface area contributed by atoms with Gasteiger partial charge in [0.2, 0.25) is 0 Å². The molecule has 0 aliphatic rings. The van der Waals surface area contributed by atoms with E-state index in [1.807, 2.05) is 0 Å². The molecule has 0 saturated carbocycles. The monoisotopic (exact) mass is 292 g/mol. The van der Waals surface area contributed by atoms with Gasteiger partial charge in [-0.2, -0.15) is 0 Å². The van der Waals surface area contributed by atoms with E-state index in [1.54, 1.807) is 0 Å². The Bertz CT molecular complexity index is 128. The summed E-state index contributed by atoms with van der Waals surface area (Å²) >= 11 is 3.29. The van der Waals surface area contributed by atoms with Crippen LogP contribution in [0, 0.1) is 0 Å². The van der Waals surface area contributed by atoms with Crippen LogP contribution in [0.1, 0.15) is 77.6 Å². The zero-order valence-electron chi connectivity index (χ0n) is 10.9. The van der Waals surface area contributed by atoms with Crippen LogP contribution in [-0.4, -0.2) is 16.5 Å². The fourth-order valence-corrected chi connectivity index (χ4v) is 2.27. The molecule has 0 spiro atoms. The van der Waals surface area contributed by atoms with Crippen molar-refractivity contribution in [2.75, 3.05) is 5.33 Å². The highest BCUT2D eigenvalue weighted by Gasteiger charge is 2.00. The second kappa shape index (κ2) is 13.5. The third kappa shape index (κ3) is 12.5. The van der Waals surface area contributed by atoms with Gasteiger partial charge in [-0.1, -0.05) is 87.1 Å². The number of hydrogen-bond acceptors (Lipinski definition) is 1. The van der Waals surface area contributed by atoms with Crippen molar-refractivity contribution in [1.29, 1.82) is 0 Å². The van der Waals surface area contributed by atoms with Crippen LogP contribution in [0.4, 0.5) is 0 Å². The second-order valence-corrected chi connectivity index (χ2v) is 5.43. The third-order valence-corrected chi connectivity index (χ3v) is 3.82. The zero-order valence-corrected chi connectivity index (χ0v) is 12.5. The molecule has 0 aromatic rings. The zero-order chi connectivity index (χ0) is 12.1. The van der Waals surface area contributed by atoms with E-state index in [9.17, 15) is 5.11 Å². The van der Waals surface area contributed by atoms with Crippen LogP contribution >= 0.6 is 15.9 Å². The summed E-state index contributed by atoms with van der Waals surface area (Å²) < 4.78 is 0. The largest absolute Gasteiger partial charge is 0.392 e. The highest BCUT2D eigenvalue weighted by atomic mass is 79.9. The lowest BCUT2D eigenvalue weighted by Gasteiger charge is -2.06. The van der Waals surface area contributed by atoms with E-state index in [0.29, 0.717) is 0 Å². The maximum absolute atomic E-state index is 9.33. The minimum absolute atomic E-state index is 0.131. The summed E-state index contributed by atoms with van der Waals surface area (Å²) in [4.78, 5) is 0. The molecule has 0 aromatic heterocycles. The first-order chi connectivity index (χ1) is 7.81. The molecule has 0 amide bonds. The smallest absolute Gasteiger partial charge is 0.0637 e. The molecule has 16 heavy (non-hydrogen) atoms. The molecule has 0 bridgehead atoms. The van der Waals surface area contributed by atoms with Crippen molar-refractivity contribution in [3.63, 3.8) is 0 Å². The summed E-state index contributed by atoms with van der Waals surface area (Å²) in [5, 5.41) is 10.1. The van der Waals surface area contributed by atoms with Gasteiger partial charge in [0.25, 0.3) is 0 Å². The molecule has 1 atom stereocenters. The maximum Gasteiger partial charge on any atom is 0.0637 e. The summed E-state index contributed by atoms with van der Waals surface area (Å²) in [6.07, 6.45) is 14.5. The standard InChI is InChI=1S/C14H29BrO/c1-2-3-4-5-6-7-8-9-10-11-12-14(16)13-15/h14,16H,2-13H2,1H3/t14-/m0/s1. The highest BCUT2D eigenvalue weighted by molar-refractivity contribution is 9.09. The van der Waals surface area contributed by atoms with Crippen molar-refractivity contribution in [2.45, 2.75) is 83.7 Å². The van der Waals surface area contributed by atoms with E-state index in [0.717, 1.165) is 11.8 Å². The molecule has 0 saturated heterocycles. The third-order valence-electron chi connectivity index (χ3n) is 3.07. The number of aliphatic hydroxyl groups excluding tert-OH is 1. The Morgan fingerprint density at radius 3 is 1.69 bits per heavy atom. The average molecular weight is 293 g/mol. The molecule has 0 heterocycles. The number of rotatable bonds is 12. The van der Waals surface area contributed by atoms with Crippen LogP contribution in [0.5, 0.6) is 0 Å². The van der Waals surface area contributed by atoms with Crippen molar-refractivity contribution >= 4 is 15.9 Å². The Morgan fingerprint density at radius 2 is 1.25 bits per heavy atom. The van der Waals surface area contributed by atoms with Gasteiger partial charge in [-0.05, 0) is 6.42 Å². The lowest BCUT2D eigenvalue weighted by molar-refractivity contribution is 0.186. The van der Waals surface area contributed by atoms with Crippen LogP contribution in [0.3, 0.4) is 0 Å². The predicted molar refractivity (Wildman–Crippen MR) is 76.3 cm³/mol. The molecule has 0 radical (unpaired) electrons. The molecule has 2 heteroatoms. The topological polar surface area (TPSA) is 20.2 Å². The van der Waals surface area contributed by atoms with Crippen LogP contribution in [-0.2, 0) is 0 Å². The summed E-state index contributed by atoms with van der Waals surface area (Å²) in [6.45, 7) is 2.27. The first-order valence-corrected chi connectivity index (χ1v) is 8.17. The van der Waals surface area contributed by atoms with E-state index in [4.69, 9.17) is 0 Å². The van der Waals surface area contributed by atoms with Crippen molar-refractivity contribution in [3.05, 3.63) is 0 Å². The average Bonchev–Trinajstić information content (AvgIpc) is 2.31. The number of halogens is 1. The number of aliphatic hydroxyl groups is 1. The van der Waals surface area contributed by atoms with E-state index in [-0.39, 0.29) is 6.10 Å². The molecule has 0 aliphatic heterocycles. The molecule has 0 unspecified atom stereocenters. The SMILES string of the molecule is CCCCCCCCCCCC[C@H](O)CBr. The lowest BCUT2D eigenvalue weighted by Crippen LogP contribution is -2.06. The van der Waals surface area contributed by atoms with Gasteiger partial charge in [0, 0.05) is 5.33 Å². The van der Waals surface area contributed by atoms with Crippen molar-refractivity contribution in [2.24, 2.45) is 0 Å². The van der Waals surface area contributed by atoms with E-state index < -0.39 is 0 Å². The van der Waals surface area contributed by atoms with Crippen molar-refractivity contribution in [1.82, 2.24) is 0 Å². The van der Waals surface area contributed by atoms with Gasteiger partial charge in [0.1, 0.15) is 0 Å². The molecule has 0 aliphatic carbocycles. The fraction of sp³-hybridized carbons (Fsp3) is 1.00. The minimum atomic E-state index is -0.131. The Hall–Kier alpha value is 0.440. The Balaban J connectivity index is 2.93. The first kappa shape index (κ1) is 16.4. The first-order valence-electron chi connectivity index (χ1n) is 7.05. The van der Waals surface area contributed by atoms with Gasteiger partial charge in [-0.3, -0.25) is 0 Å². The Morgan fingerprint density at radius 1 is 0.812 bits per heavy atom. The molecular formula is C14H29BrO. The van der Waals surface area contributed by atoms with E-state index >= 15 is 0 Å². The molecule has 1 N–H and O–H groups in total. The van der Waals surface area contributed by atoms with Crippen molar-refractivity contribution in [3.8, 4) is 0 Å². The molecule has 0 aromatic carbocycles. The number of unbranched alkanes of at least 4 members (excludes halogenated alkanes) is 9. The summed E-state index contributed by atoms with van der Waals surface area (Å²) in [7, 11) is 0. The maximum atomic E-state index is 9.33. The summed E-state index contributed by atoms with van der Waals surface area (Å²) in [5.74, 6) is 0. The van der Waals surface area contributed by atoms with Crippen molar-refractivity contribution < 1.29 is 5.11 Å². The van der Waals surface area contributed by atoms with Crippen LogP contribution in [0.15, 0.2) is 0 Å².